The number of benzene rings is 1. The van der Waals surface area contributed by atoms with Crippen LogP contribution in [0.25, 0.3) is 0 Å². The predicted octanol–water partition coefficient (Wildman–Crippen LogP) is 3.44. The van der Waals surface area contributed by atoms with Gasteiger partial charge in [-0.05, 0) is 43.9 Å². The highest BCUT2D eigenvalue weighted by molar-refractivity contribution is 5.93. The molecule has 0 aliphatic rings. The molecule has 0 aliphatic heterocycles. The highest BCUT2D eigenvalue weighted by atomic mass is 16.7. The minimum absolute atomic E-state index is 0.0942. The summed E-state index contributed by atoms with van der Waals surface area (Å²) in [5.41, 5.74) is 3.97. The summed E-state index contributed by atoms with van der Waals surface area (Å²) in [5.74, 6) is -0.217. The zero-order valence-electron chi connectivity index (χ0n) is 12.1. The minimum atomic E-state index is -0.388. The Morgan fingerprint density at radius 2 is 1.50 bits per heavy atom. The number of carbonyl (C=O) groups is 1. The van der Waals surface area contributed by atoms with Gasteiger partial charge in [-0.2, -0.15) is 0 Å². The van der Waals surface area contributed by atoms with Crippen molar-refractivity contribution in [2.24, 2.45) is 0 Å². The summed E-state index contributed by atoms with van der Waals surface area (Å²) in [6, 6.07) is 7.60. The zero-order chi connectivity index (χ0) is 14.0. The quantitative estimate of drug-likeness (QED) is 0.815. The molecule has 0 atom stereocenters. The van der Waals surface area contributed by atoms with Gasteiger partial charge in [-0.1, -0.05) is 32.9 Å². The van der Waals surface area contributed by atoms with Gasteiger partial charge in [-0.3, -0.25) is 9.63 Å². The topological polar surface area (TPSA) is 38.3 Å². The molecular weight excluding hydrogens is 226 g/mol. The Labute approximate surface area is 109 Å². The molecule has 0 heterocycles. The number of hydroxylamine groups is 1. The molecule has 0 fully saturated rings. The molecule has 1 aromatic rings. The van der Waals surface area contributed by atoms with Gasteiger partial charge in [0.2, 0.25) is 0 Å². The maximum Gasteiger partial charge on any atom is 0.274 e. The van der Waals surface area contributed by atoms with Gasteiger partial charge in [0.15, 0.2) is 0 Å². The first-order valence-corrected chi connectivity index (χ1v) is 6.18. The van der Waals surface area contributed by atoms with Gasteiger partial charge in [0.05, 0.1) is 5.60 Å². The highest BCUT2D eigenvalue weighted by Gasteiger charge is 2.16. The van der Waals surface area contributed by atoms with Crippen LogP contribution in [-0.4, -0.2) is 11.5 Å². The summed E-state index contributed by atoms with van der Waals surface area (Å²) >= 11 is 0. The van der Waals surface area contributed by atoms with Crippen LogP contribution in [0.5, 0.6) is 0 Å². The first kappa shape index (κ1) is 14.7. The minimum Gasteiger partial charge on any atom is -0.268 e. The number of hydrogen-bond acceptors (Lipinski definition) is 2. The summed E-state index contributed by atoms with van der Waals surface area (Å²) < 4.78 is 0. The first-order chi connectivity index (χ1) is 8.09. The van der Waals surface area contributed by atoms with E-state index in [1.807, 2.05) is 45.0 Å². The molecule has 1 N–H and O–H groups in total. The number of amides is 1. The van der Waals surface area contributed by atoms with Gasteiger partial charge in [-0.15, -0.1) is 0 Å². The van der Waals surface area contributed by atoms with Crippen LogP contribution in [0, 0.1) is 0 Å². The van der Waals surface area contributed by atoms with Crippen LogP contribution in [0.2, 0.25) is 0 Å². The molecule has 0 bridgehead atoms. The molecule has 0 unspecified atom stereocenters. The fraction of sp³-hybridized carbons (Fsp3) is 0.533. The SMILES string of the molecule is CC(C)(C)ONC(=O)c1ccc(C(C)(C)C)cc1. The molecule has 1 aromatic carbocycles. The molecule has 0 aromatic heterocycles. The van der Waals surface area contributed by atoms with E-state index in [-0.39, 0.29) is 16.9 Å². The Kier molecular flexibility index (Phi) is 4.17. The normalized spacial score (nSPS) is 12.3. The van der Waals surface area contributed by atoms with Crippen LogP contribution in [0.4, 0.5) is 0 Å². The highest BCUT2D eigenvalue weighted by Crippen LogP contribution is 2.22. The van der Waals surface area contributed by atoms with Crippen molar-refractivity contribution >= 4 is 5.91 Å². The molecule has 3 nitrogen and oxygen atoms in total. The summed E-state index contributed by atoms with van der Waals surface area (Å²) in [7, 11) is 0. The van der Waals surface area contributed by atoms with E-state index < -0.39 is 0 Å². The molecule has 1 amide bonds. The van der Waals surface area contributed by atoms with E-state index in [4.69, 9.17) is 4.84 Å². The number of rotatable bonds is 2. The molecular formula is C15H23NO2. The Morgan fingerprint density at radius 1 is 1.00 bits per heavy atom. The second-order valence-corrected chi connectivity index (χ2v) is 6.47. The Balaban J connectivity index is 2.71. The summed E-state index contributed by atoms with van der Waals surface area (Å²) in [5, 5.41) is 0. The van der Waals surface area contributed by atoms with E-state index in [2.05, 4.69) is 26.3 Å². The lowest BCUT2D eigenvalue weighted by Gasteiger charge is -2.20. The first-order valence-electron chi connectivity index (χ1n) is 6.18. The lowest BCUT2D eigenvalue weighted by molar-refractivity contribution is -0.0589. The van der Waals surface area contributed by atoms with E-state index in [0.717, 1.165) is 0 Å². The maximum atomic E-state index is 11.8. The molecule has 0 aliphatic carbocycles. The summed E-state index contributed by atoms with van der Waals surface area (Å²) in [4.78, 5) is 17.1. The Hall–Kier alpha value is -1.35. The molecule has 0 spiro atoms. The van der Waals surface area contributed by atoms with Gasteiger partial charge in [-0.25, -0.2) is 5.48 Å². The fourth-order valence-corrected chi connectivity index (χ4v) is 1.38. The van der Waals surface area contributed by atoms with Crippen molar-refractivity contribution in [1.82, 2.24) is 5.48 Å². The lowest BCUT2D eigenvalue weighted by Crippen LogP contribution is -2.33. The third-order valence-electron chi connectivity index (χ3n) is 2.46. The van der Waals surface area contributed by atoms with Crippen molar-refractivity contribution in [3.63, 3.8) is 0 Å². The van der Waals surface area contributed by atoms with Crippen molar-refractivity contribution in [2.75, 3.05) is 0 Å². The van der Waals surface area contributed by atoms with Crippen molar-refractivity contribution in [3.8, 4) is 0 Å². The smallest absolute Gasteiger partial charge is 0.268 e. The van der Waals surface area contributed by atoms with Crippen LogP contribution < -0.4 is 5.48 Å². The van der Waals surface area contributed by atoms with Gasteiger partial charge < -0.3 is 0 Å². The monoisotopic (exact) mass is 249 g/mol. The average Bonchev–Trinajstić information content (AvgIpc) is 2.24. The van der Waals surface area contributed by atoms with Crippen LogP contribution in [-0.2, 0) is 10.3 Å². The van der Waals surface area contributed by atoms with Gasteiger partial charge in [0.25, 0.3) is 5.91 Å². The molecule has 100 valence electrons. The number of carbonyl (C=O) groups excluding carboxylic acids is 1. The van der Waals surface area contributed by atoms with Crippen LogP contribution in [0.1, 0.15) is 57.5 Å². The second-order valence-electron chi connectivity index (χ2n) is 6.47. The largest absolute Gasteiger partial charge is 0.274 e. The molecule has 0 saturated heterocycles. The Morgan fingerprint density at radius 3 is 1.89 bits per heavy atom. The molecule has 18 heavy (non-hydrogen) atoms. The van der Waals surface area contributed by atoms with Crippen molar-refractivity contribution < 1.29 is 9.63 Å². The molecule has 3 heteroatoms. The number of hydrogen-bond donors (Lipinski definition) is 1. The zero-order valence-corrected chi connectivity index (χ0v) is 12.1. The predicted molar refractivity (Wildman–Crippen MR) is 73.4 cm³/mol. The van der Waals surface area contributed by atoms with E-state index in [0.29, 0.717) is 5.56 Å². The van der Waals surface area contributed by atoms with Crippen molar-refractivity contribution in [3.05, 3.63) is 35.4 Å². The van der Waals surface area contributed by atoms with E-state index in [1.54, 1.807) is 0 Å². The summed E-state index contributed by atoms with van der Waals surface area (Å²) in [6.45, 7) is 12.1. The fourth-order valence-electron chi connectivity index (χ4n) is 1.38. The molecule has 0 saturated carbocycles. The Bertz CT molecular complexity index is 408. The number of nitrogens with one attached hydrogen (secondary N) is 1. The molecule has 1 rings (SSSR count). The van der Waals surface area contributed by atoms with Crippen LogP contribution >= 0.6 is 0 Å². The van der Waals surface area contributed by atoms with Gasteiger partial charge in [0.1, 0.15) is 0 Å². The van der Waals surface area contributed by atoms with Crippen molar-refractivity contribution in [1.29, 1.82) is 0 Å². The standard InChI is InChI=1S/C15H23NO2/c1-14(2,3)12-9-7-11(8-10-12)13(17)16-18-15(4,5)6/h7-10H,1-6H3,(H,16,17). The van der Waals surface area contributed by atoms with E-state index in [9.17, 15) is 4.79 Å². The van der Waals surface area contributed by atoms with Crippen molar-refractivity contribution in [2.45, 2.75) is 52.6 Å². The van der Waals surface area contributed by atoms with Crippen LogP contribution in [0.3, 0.4) is 0 Å². The third-order valence-corrected chi connectivity index (χ3v) is 2.46. The van der Waals surface area contributed by atoms with Crippen LogP contribution in [0.15, 0.2) is 24.3 Å². The van der Waals surface area contributed by atoms with Gasteiger partial charge >= 0.3 is 0 Å². The third kappa shape index (κ3) is 4.49. The maximum absolute atomic E-state index is 11.8. The van der Waals surface area contributed by atoms with Gasteiger partial charge in [0, 0.05) is 5.56 Å². The summed E-state index contributed by atoms with van der Waals surface area (Å²) in [6.07, 6.45) is 0. The van der Waals surface area contributed by atoms with E-state index >= 15 is 0 Å². The molecule has 0 radical (unpaired) electrons. The lowest BCUT2D eigenvalue weighted by atomic mass is 9.87. The average molecular weight is 249 g/mol. The second kappa shape index (κ2) is 5.11. The van der Waals surface area contributed by atoms with E-state index in [1.165, 1.54) is 5.56 Å².